The second-order valence-corrected chi connectivity index (χ2v) is 5.80. The van der Waals surface area contributed by atoms with E-state index in [4.69, 9.17) is 9.47 Å². The molecule has 1 fully saturated rings. The maximum Gasteiger partial charge on any atom is 0.358 e. The number of carbonyl (C=O) groups excluding carboxylic acids is 2. The van der Waals surface area contributed by atoms with Crippen LogP contribution in [-0.2, 0) is 14.3 Å². The van der Waals surface area contributed by atoms with E-state index in [-0.39, 0.29) is 17.7 Å². The fourth-order valence-corrected chi connectivity index (χ4v) is 2.70. The van der Waals surface area contributed by atoms with Crippen molar-refractivity contribution in [1.82, 2.24) is 9.78 Å². The van der Waals surface area contributed by atoms with E-state index >= 15 is 0 Å². The molecule has 0 bridgehead atoms. The van der Waals surface area contributed by atoms with Gasteiger partial charge in [-0.1, -0.05) is 0 Å². The Labute approximate surface area is 145 Å². The lowest BCUT2D eigenvalue weighted by Crippen LogP contribution is -2.19. The highest BCUT2D eigenvalue weighted by Crippen LogP contribution is 2.17. The van der Waals surface area contributed by atoms with Crippen molar-refractivity contribution >= 4 is 17.6 Å². The van der Waals surface area contributed by atoms with E-state index in [0.29, 0.717) is 18.7 Å². The monoisotopic (exact) mass is 343 g/mol. The fourth-order valence-electron chi connectivity index (χ4n) is 2.70. The Kier molecular flexibility index (Phi) is 5.45. The van der Waals surface area contributed by atoms with Crippen LogP contribution < -0.4 is 5.32 Å². The molecule has 1 aliphatic heterocycles. The molecule has 1 unspecified atom stereocenters. The second-order valence-electron chi connectivity index (χ2n) is 5.80. The number of carbonyl (C=O) groups is 2. The molecule has 0 saturated carbocycles. The van der Waals surface area contributed by atoms with Crippen molar-refractivity contribution < 1.29 is 19.1 Å². The summed E-state index contributed by atoms with van der Waals surface area (Å²) in [4.78, 5) is 23.7. The molecule has 1 amide bonds. The Hall–Kier alpha value is -2.67. The van der Waals surface area contributed by atoms with Gasteiger partial charge in [-0.2, -0.15) is 5.10 Å². The predicted molar refractivity (Wildman–Crippen MR) is 91.7 cm³/mol. The van der Waals surface area contributed by atoms with Crippen molar-refractivity contribution in [2.75, 3.05) is 18.5 Å². The Morgan fingerprint density at radius 3 is 2.80 bits per heavy atom. The molecule has 3 rings (SSSR count). The molecule has 1 N–H and O–H groups in total. The minimum absolute atomic E-state index is 0.0321. The van der Waals surface area contributed by atoms with Gasteiger partial charge in [0, 0.05) is 18.5 Å². The number of anilines is 1. The smallest absolute Gasteiger partial charge is 0.358 e. The highest BCUT2D eigenvalue weighted by Gasteiger charge is 2.19. The fraction of sp³-hybridized carbons (Fsp3) is 0.389. The van der Waals surface area contributed by atoms with Gasteiger partial charge in [-0.3, -0.25) is 4.79 Å². The van der Waals surface area contributed by atoms with Gasteiger partial charge in [0.05, 0.1) is 24.8 Å². The van der Waals surface area contributed by atoms with Crippen LogP contribution in [0.4, 0.5) is 5.69 Å². The summed E-state index contributed by atoms with van der Waals surface area (Å²) >= 11 is 0. The molecular weight excluding hydrogens is 322 g/mol. The number of nitrogens with zero attached hydrogens (tertiary/aromatic N) is 2. The molecule has 7 heteroatoms. The third kappa shape index (κ3) is 4.45. The number of esters is 1. The number of ether oxygens (including phenoxy) is 2. The SMILES string of the molecule is CCOC(=O)c1ccn(-c2ccc(NC(=O)CC3CCCO3)cc2)n1. The Morgan fingerprint density at radius 2 is 2.12 bits per heavy atom. The maximum atomic E-state index is 12.0. The zero-order valence-electron chi connectivity index (χ0n) is 14.1. The van der Waals surface area contributed by atoms with E-state index in [9.17, 15) is 9.59 Å². The van der Waals surface area contributed by atoms with Gasteiger partial charge in [0.15, 0.2) is 5.69 Å². The lowest BCUT2D eigenvalue weighted by Gasteiger charge is -2.10. The molecule has 7 nitrogen and oxygen atoms in total. The van der Waals surface area contributed by atoms with Crippen LogP contribution in [0.15, 0.2) is 36.5 Å². The summed E-state index contributed by atoms with van der Waals surface area (Å²) < 4.78 is 12.0. The Morgan fingerprint density at radius 1 is 1.32 bits per heavy atom. The van der Waals surface area contributed by atoms with Crippen molar-refractivity contribution in [1.29, 1.82) is 0 Å². The summed E-state index contributed by atoms with van der Waals surface area (Å²) in [6, 6.07) is 8.85. The topological polar surface area (TPSA) is 82.5 Å². The van der Waals surface area contributed by atoms with E-state index < -0.39 is 5.97 Å². The largest absolute Gasteiger partial charge is 0.461 e. The number of amides is 1. The van der Waals surface area contributed by atoms with E-state index in [2.05, 4.69) is 10.4 Å². The number of hydrogen-bond donors (Lipinski definition) is 1. The highest BCUT2D eigenvalue weighted by atomic mass is 16.5. The van der Waals surface area contributed by atoms with Gasteiger partial charge in [0.25, 0.3) is 0 Å². The van der Waals surface area contributed by atoms with E-state index in [1.54, 1.807) is 36.0 Å². The third-order valence-electron chi connectivity index (χ3n) is 3.93. The van der Waals surface area contributed by atoms with Gasteiger partial charge in [-0.05, 0) is 50.1 Å². The summed E-state index contributed by atoms with van der Waals surface area (Å²) in [6.45, 7) is 2.80. The minimum Gasteiger partial charge on any atom is -0.461 e. The van der Waals surface area contributed by atoms with E-state index in [0.717, 1.165) is 25.1 Å². The number of aromatic nitrogens is 2. The first-order valence-electron chi connectivity index (χ1n) is 8.40. The van der Waals surface area contributed by atoms with Crippen LogP contribution in [0.3, 0.4) is 0 Å². The van der Waals surface area contributed by atoms with Crippen LogP contribution in [0.2, 0.25) is 0 Å². The molecule has 2 aromatic rings. The first-order chi connectivity index (χ1) is 12.2. The van der Waals surface area contributed by atoms with Gasteiger partial charge in [-0.15, -0.1) is 0 Å². The quantitative estimate of drug-likeness (QED) is 0.815. The van der Waals surface area contributed by atoms with Crippen molar-refractivity contribution in [2.45, 2.75) is 32.3 Å². The molecule has 1 aromatic heterocycles. The average molecular weight is 343 g/mol. The third-order valence-corrected chi connectivity index (χ3v) is 3.93. The van der Waals surface area contributed by atoms with Crippen LogP contribution in [0, 0.1) is 0 Å². The minimum atomic E-state index is -0.445. The van der Waals surface area contributed by atoms with Crippen molar-refractivity contribution in [2.24, 2.45) is 0 Å². The molecule has 2 heterocycles. The standard InChI is InChI=1S/C18H21N3O4/c1-2-24-18(23)16-9-10-21(20-16)14-7-5-13(6-8-14)19-17(22)12-15-4-3-11-25-15/h5-10,15H,2-4,11-12H2,1H3,(H,19,22). The number of benzene rings is 1. The van der Waals surface area contributed by atoms with Crippen LogP contribution >= 0.6 is 0 Å². The molecule has 25 heavy (non-hydrogen) atoms. The van der Waals surface area contributed by atoms with E-state index in [1.807, 2.05) is 12.1 Å². The number of hydrogen-bond acceptors (Lipinski definition) is 5. The van der Waals surface area contributed by atoms with Crippen molar-refractivity contribution in [3.63, 3.8) is 0 Å². The first-order valence-corrected chi connectivity index (χ1v) is 8.40. The van der Waals surface area contributed by atoms with Gasteiger partial charge in [0.1, 0.15) is 0 Å². The average Bonchev–Trinajstić information content (AvgIpc) is 3.27. The van der Waals surface area contributed by atoms with Gasteiger partial charge in [0.2, 0.25) is 5.91 Å². The lowest BCUT2D eigenvalue weighted by atomic mass is 10.1. The molecular formula is C18H21N3O4. The van der Waals surface area contributed by atoms with Crippen molar-refractivity contribution in [3.8, 4) is 5.69 Å². The molecule has 1 aliphatic rings. The molecule has 1 saturated heterocycles. The Balaban J connectivity index is 1.60. The summed E-state index contributed by atoms with van der Waals surface area (Å²) in [5, 5.41) is 7.06. The van der Waals surface area contributed by atoms with Gasteiger partial charge >= 0.3 is 5.97 Å². The lowest BCUT2D eigenvalue weighted by molar-refractivity contribution is -0.118. The van der Waals surface area contributed by atoms with Crippen LogP contribution in [-0.4, -0.2) is 41.0 Å². The van der Waals surface area contributed by atoms with Crippen molar-refractivity contribution in [3.05, 3.63) is 42.2 Å². The zero-order valence-corrected chi connectivity index (χ0v) is 14.1. The van der Waals surface area contributed by atoms with Crippen LogP contribution in [0.1, 0.15) is 36.7 Å². The number of nitrogens with one attached hydrogen (secondary N) is 1. The van der Waals surface area contributed by atoms with Crippen LogP contribution in [0.5, 0.6) is 0 Å². The number of rotatable bonds is 6. The molecule has 132 valence electrons. The van der Waals surface area contributed by atoms with E-state index in [1.165, 1.54) is 0 Å². The molecule has 0 spiro atoms. The summed E-state index contributed by atoms with van der Waals surface area (Å²) in [7, 11) is 0. The predicted octanol–water partition coefficient (Wildman–Crippen LogP) is 2.56. The summed E-state index contributed by atoms with van der Waals surface area (Å²) in [5.41, 5.74) is 1.76. The molecule has 0 radical (unpaired) electrons. The Bertz CT molecular complexity index is 733. The molecule has 1 atom stereocenters. The first kappa shape index (κ1) is 17.2. The molecule has 1 aromatic carbocycles. The summed E-state index contributed by atoms with van der Waals surface area (Å²) in [6.07, 6.45) is 4.06. The summed E-state index contributed by atoms with van der Waals surface area (Å²) in [5.74, 6) is -0.498. The van der Waals surface area contributed by atoms with Gasteiger partial charge < -0.3 is 14.8 Å². The second kappa shape index (κ2) is 7.94. The normalized spacial score (nSPS) is 16.6. The van der Waals surface area contributed by atoms with Crippen LogP contribution in [0.25, 0.3) is 5.69 Å². The zero-order chi connectivity index (χ0) is 17.6. The maximum absolute atomic E-state index is 12.0. The van der Waals surface area contributed by atoms with Gasteiger partial charge in [-0.25, -0.2) is 9.48 Å². The highest BCUT2D eigenvalue weighted by molar-refractivity contribution is 5.91. The molecule has 0 aliphatic carbocycles.